The summed E-state index contributed by atoms with van der Waals surface area (Å²) in [5.74, 6) is 0.632. The zero-order valence-electron chi connectivity index (χ0n) is 12.2. The number of aliphatic hydroxyl groups is 1. The van der Waals surface area contributed by atoms with Crippen LogP contribution in [0.3, 0.4) is 0 Å². The van der Waals surface area contributed by atoms with Crippen molar-refractivity contribution >= 4 is 22.3 Å². The summed E-state index contributed by atoms with van der Waals surface area (Å²) in [5.41, 5.74) is 6.15. The van der Waals surface area contributed by atoms with Crippen molar-refractivity contribution in [1.82, 2.24) is 14.9 Å². The van der Waals surface area contributed by atoms with Crippen LogP contribution in [0.25, 0.3) is 0 Å². The minimum Gasteiger partial charge on any atom is -0.396 e. The predicted molar refractivity (Wildman–Crippen MR) is 78.7 cm³/mol. The van der Waals surface area contributed by atoms with E-state index in [2.05, 4.69) is 9.97 Å². The van der Waals surface area contributed by atoms with Crippen LogP contribution >= 0.6 is 0 Å². The van der Waals surface area contributed by atoms with E-state index in [1.54, 1.807) is 6.92 Å². The van der Waals surface area contributed by atoms with Gasteiger partial charge in [0.25, 0.3) is 10.1 Å². The Balaban J connectivity index is 3.21. The molecule has 9 nitrogen and oxygen atoms in total. The van der Waals surface area contributed by atoms with E-state index in [-0.39, 0.29) is 24.5 Å². The predicted octanol–water partition coefficient (Wildman–Crippen LogP) is -0.173. The molecule has 0 saturated carbocycles. The van der Waals surface area contributed by atoms with Gasteiger partial charge >= 0.3 is 0 Å². The van der Waals surface area contributed by atoms with Crippen molar-refractivity contribution in [3.63, 3.8) is 0 Å². The Labute approximate surface area is 128 Å². The highest BCUT2D eigenvalue weighted by Crippen LogP contribution is 2.20. The first-order valence-corrected chi connectivity index (χ1v) is 7.72. The van der Waals surface area contributed by atoms with Crippen LogP contribution in [0.1, 0.15) is 24.7 Å². The Morgan fingerprint density at radius 2 is 2.14 bits per heavy atom. The molecule has 0 aliphatic rings. The minimum absolute atomic E-state index is 0.00785. The van der Waals surface area contributed by atoms with Crippen LogP contribution in [0.5, 0.6) is 0 Å². The summed E-state index contributed by atoms with van der Waals surface area (Å²) in [6, 6.07) is 0. The van der Waals surface area contributed by atoms with Crippen molar-refractivity contribution in [2.75, 3.05) is 12.3 Å². The van der Waals surface area contributed by atoms with Crippen LogP contribution in [0.2, 0.25) is 0 Å². The summed E-state index contributed by atoms with van der Waals surface area (Å²) in [6.45, 7) is 2.44. The normalized spacial score (nSPS) is 12.7. The highest BCUT2D eigenvalue weighted by Gasteiger charge is 2.21. The Hall–Kier alpha value is -2.04. The minimum atomic E-state index is -4.53. The van der Waals surface area contributed by atoms with Crippen LogP contribution in [-0.4, -0.2) is 46.0 Å². The van der Waals surface area contributed by atoms with Gasteiger partial charge < -0.3 is 15.7 Å². The second kappa shape index (κ2) is 7.29. The Morgan fingerprint density at radius 3 is 2.59 bits per heavy atom. The van der Waals surface area contributed by atoms with E-state index >= 15 is 0 Å². The number of aliphatic hydroxyl groups excluding tert-OH is 1. The van der Waals surface area contributed by atoms with Crippen molar-refractivity contribution in [3.8, 4) is 0 Å². The molecule has 10 heteroatoms. The largest absolute Gasteiger partial charge is 0.396 e. The molecule has 0 fully saturated rings. The van der Waals surface area contributed by atoms with E-state index in [1.165, 1.54) is 13.1 Å². The fraction of sp³-hybridized carbons (Fsp3) is 0.417. The highest BCUT2D eigenvalue weighted by molar-refractivity contribution is 7.89. The Morgan fingerprint density at radius 1 is 1.50 bits per heavy atom. The molecular weight excluding hydrogens is 312 g/mol. The van der Waals surface area contributed by atoms with Gasteiger partial charge in [0.1, 0.15) is 11.6 Å². The molecule has 1 aromatic heterocycles. The number of allylic oxidation sites excluding steroid dienone is 1. The number of amides is 1. The molecule has 0 aliphatic carbocycles. The van der Waals surface area contributed by atoms with Gasteiger partial charge in [0.05, 0.1) is 11.4 Å². The number of rotatable bonds is 7. The molecule has 0 unspecified atom stereocenters. The third-order valence-corrected chi connectivity index (χ3v) is 4.09. The topological polar surface area (TPSA) is 147 Å². The first kappa shape index (κ1) is 18.0. The summed E-state index contributed by atoms with van der Waals surface area (Å²) in [4.78, 5) is 19.8. The van der Waals surface area contributed by atoms with Crippen molar-refractivity contribution in [2.24, 2.45) is 0 Å². The van der Waals surface area contributed by atoms with Gasteiger partial charge in [-0.05, 0) is 13.8 Å². The third-order valence-electron chi connectivity index (χ3n) is 2.97. The van der Waals surface area contributed by atoms with E-state index in [4.69, 9.17) is 10.8 Å². The van der Waals surface area contributed by atoms with Gasteiger partial charge in [0.15, 0.2) is 0 Å². The fourth-order valence-corrected chi connectivity index (χ4v) is 2.65. The van der Waals surface area contributed by atoms with Gasteiger partial charge in [-0.25, -0.2) is 9.97 Å². The molecule has 0 spiro atoms. The van der Waals surface area contributed by atoms with E-state index in [9.17, 15) is 17.8 Å². The monoisotopic (exact) mass is 330 g/mol. The summed E-state index contributed by atoms with van der Waals surface area (Å²) in [6.07, 6.45) is 1.52. The van der Waals surface area contributed by atoms with Gasteiger partial charge in [0.2, 0.25) is 6.41 Å². The second-order valence-corrected chi connectivity index (χ2v) is 5.96. The third kappa shape index (κ3) is 4.48. The molecule has 0 bridgehead atoms. The molecule has 0 atom stereocenters. The number of nitrogen functional groups attached to an aromatic ring is 1. The molecule has 4 N–H and O–H groups in total. The van der Waals surface area contributed by atoms with E-state index in [1.807, 2.05) is 0 Å². The summed E-state index contributed by atoms with van der Waals surface area (Å²) >= 11 is 0. The molecule has 1 amide bonds. The van der Waals surface area contributed by atoms with Crippen LogP contribution in [0.4, 0.5) is 5.82 Å². The number of aryl methyl sites for hydroxylation is 1. The number of aromatic nitrogens is 2. The molecule has 0 saturated heterocycles. The summed E-state index contributed by atoms with van der Waals surface area (Å²) in [5, 5.41) is 8.91. The molecular formula is C12H18N4O5S. The number of nitrogens with zero attached hydrogens (tertiary/aromatic N) is 3. The molecule has 0 aromatic carbocycles. The fourth-order valence-electron chi connectivity index (χ4n) is 1.81. The first-order valence-electron chi connectivity index (χ1n) is 6.28. The van der Waals surface area contributed by atoms with Crippen molar-refractivity contribution in [3.05, 3.63) is 28.2 Å². The summed E-state index contributed by atoms with van der Waals surface area (Å²) in [7, 11) is -4.53. The maximum atomic E-state index is 11.3. The van der Waals surface area contributed by atoms with E-state index in [0.29, 0.717) is 17.8 Å². The zero-order valence-corrected chi connectivity index (χ0v) is 13.0. The van der Waals surface area contributed by atoms with Crippen molar-refractivity contribution in [1.29, 1.82) is 0 Å². The molecule has 1 heterocycles. The van der Waals surface area contributed by atoms with E-state index < -0.39 is 21.6 Å². The quantitative estimate of drug-likeness (QED) is 0.461. The number of carbonyl (C=O) groups is 1. The number of anilines is 1. The average molecular weight is 330 g/mol. The SMILES string of the molecule is C/C(=C(/CCO)S(=O)(=O)O)N(C=O)Cc1cnc(C)nc1N. The Kier molecular flexibility index (Phi) is 5.97. The second-order valence-electron chi connectivity index (χ2n) is 4.52. The van der Waals surface area contributed by atoms with Crippen LogP contribution in [-0.2, 0) is 21.5 Å². The van der Waals surface area contributed by atoms with Crippen molar-refractivity contribution in [2.45, 2.75) is 26.8 Å². The number of hydrogen-bond donors (Lipinski definition) is 3. The molecule has 1 rings (SSSR count). The lowest BCUT2D eigenvalue weighted by atomic mass is 10.2. The standard InChI is InChI=1S/C12H18N4O5S/c1-8(11(3-4-17)22(19,20)21)16(7-18)6-10-5-14-9(2)15-12(10)13/h5,7,17H,3-4,6H2,1-2H3,(H2,13,14,15)(H,19,20,21)/b11-8+. The first-order chi connectivity index (χ1) is 10.2. The lowest BCUT2D eigenvalue weighted by Gasteiger charge is -2.21. The molecule has 122 valence electrons. The molecule has 1 aromatic rings. The van der Waals surface area contributed by atoms with Gasteiger partial charge in [-0.2, -0.15) is 8.42 Å². The van der Waals surface area contributed by atoms with Crippen molar-refractivity contribution < 1.29 is 22.9 Å². The van der Waals surface area contributed by atoms with Gasteiger partial charge in [-0.1, -0.05) is 0 Å². The van der Waals surface area contributed by atoms with Crippen LogP contribution in [0.15, 0.2) is 16.8 Å². The molecule has 22 heavy (non-hydrogen) atoms. The lowest BCUT2D eigenvalue weighted by molar-refractivity contribution is -0.116. The molecule has 0 aliphatic heterocycles. The van der Waals surface area contributed by atoms with E-state index in [0.717, 1.165) is 4.90 Å². The zero-order chi connectivity index (χ0) is 16.9. The number of nitrogens with two attached hydrogens (primary N) is 1. The number of carbonyl (C=O) groups excluding carboxylic acids is 1. The van der Waals surface area contributed by atoms with Gasteiger partial charge in [-0.15, -0.1) is 0 Å². The number of hydrogen-bond acceptors (Lipinski definition) is 7. The Bertz CT molecular complexity index is 687. The smallest absolute Gasteiger partial charge is 0.292 e. The average Bonchev–Trinajstić information content (AvgIpc) is 2.42. The maximum Gasteiger partial charge on any atom is 0.292 e. The highest BCUT2D eigenvalue weighted by atomic mass is 32.2. The van der Waals surface area contributed by atoms with Crippen LogP contribution in [0, 0.1) is 6.92 Å². The molecule has 0 radical (unpaired) electrons. The summed E-state index contributed by atoms with van der Waals surface area (Å²) < 4.78 is 31.9. The maximum absolute atomic E-state index is 11.3. The lowest BCUT2D eigenvalue weighted by Crippen LogP contribution is -2.24. The van der Waals surface area contributed by atoms with Gasteiger partial charge in [0, 0.05) is 30.5 Å². The van der Waals surface area contributed by atoms with Crippen LogP contribution < -0.4 is 5.73 Å². The van der Waals surface area contributed by atoms with Gasteiger partial charge in [-0.3, -0.25) is 9.35 Å².